The van der Waals surface area contributed by atoms with Crippen LogP contribution in [0, 0.1) is 13.8 Å². The first-order valence-electron chi connectivity index (χ1n) is 12.5. The fraction of sp³-hybridized carbons (Fsp3) is 0.321. The van der Waals surface area contributed by atoms with Gasteiger partial charge in [-0.25, -0.2) is 9.36 Å². The molecule has 11 nitrogen and oxygen atoms in total. The van der Waals surface area contributed by atoms with Crippen LogP contribution in [0.5, 0.6) is 23.0 Å². The van der Waals surface area contributed by atoms with Crippen molar-refractivity contribution in [2.24, 2.45) is 0 Å². The van der Waals surface area contributed by atoms with Gasteiger partial charge in [0.1, 0.15) is 42.8 Å². The lowest BCUT2D eigenvalue weighted by atomic mass is 10.1. The van der Waals surface area contributed by atoms with Crippen molar-refractivity contribution in [2.45, 2.75) is 13.8 Å². The lowest BCUT2D eigenvalue weighted by molar-refractivity contribution is -0.870. The lowest BCUT2D eigenvalue weighted by Gasteiger charge is -2.24. The van der Waals surface area contributed by atoms with Crippen molar-refractivity contribution in [3.63, 3.8) is 0 Å². The number of likely N-dealkylation sites (N-methyl/N-ethyl adjacent to an activating group) is 1. The number of anilines is 2. The van der Waals surface area contributed by atoms with Crippen molar-refractivity contribution >= 4 is 25.2 Å². The molecule has 0 radical (unpaired) electrons. The van der Waals surface area contributed by atoms with Crippen molar-refractivity contribution in [1.82, 2.24) is 0 Å². The number of carbonyl (C=O) groups is 1. The highest BCUT2D eigenvalue weighted by molar-refractivity contribution is 7.47. The summed E-state index contributed by atoms with van der Waals surface area (Å²) in [6.07, 6.45) is 0. The van der Waals surface area contributed by atoms with Crippen molar-refractivity contribution < 1.29 is 42.0 Å². The lowest BCUT2D eigenvalue weighted by Crippen LogP contribution is -2.37. The summed E-state index contributed by atoms with van der Waals surface area (Å²) in [4.78, 5) is 22.7. The number of benzene rings is 3. The van der Waals surface area contributed by atoms with Crippen molar-refractivity contribution in [2.75, 3.05) is 59.0 Å². The van der Waals surface area contributed by atoms with E-state index < -0.39 is 13.8 Å². The van der Waals surface area contributed by atoms with E-state index in [0.717, 1.165) is 11.1 Å². The van der Waals surface area contributed by atoms with Crippen molar-refractivity contribution in [3.8, 4) is 23.0 Å². The molecule has 1 atom stereocenters. The largest absolute Gasteiger partial charge is 0.472 e. The van der Waals surface area contributed by atoms with E-state index in [1.165, 1.54) is 12.1 Å². The highest BCUT2D eigenvalue weighted by Crippen LogP contribution is 2.42. The molecular formula is C28H37N3O8P+. The highest BCUT2D eigenvalue weighted by Gasteiger charge is 2.23. The second kappa shape index (κ2) is 13.2. The van der Waals surface area contributed by atoms with Gasteiger partial charge >= 0.3 is 13.8 Å². The van der Waals surface area contributed by atoms with Crippen LogP contribution in [0.3, 0.4) is 0 Å². The molecule has 0 aromatic heterocycles. The van der Waals surface area contributed by atoms with E-state index in [4.69, 9.17) is 34.7 Å². The fourth-order valence-electron chi connectivity index (χ4n) is 3.34. The normalized spacial score (nSPS) is 12.9. The van der Waals surface area contributed by atoms with Crippen LogP contribution >= 0.6 is 7.82 Å². The molecular weight excluding hydrogens is 537 g/mol. The number of esters is 1. The first kappa shape index (κ1) is 30.9. The minimum absolute atomic E-state index is 0.0354. The summed E-state index contributed by atoms with van der Waals surface area (Å²) in [6.45, 7) is 3.65. The smallest absolute Gasteiger partial charge is 0.460 e. The van der Waals surface area contributed by atoms with Gasteiger partial charge in [0.2, 0.25) is 0 Å². The first-order valence-corrected chi connectivity index (χ1v) is 14.0. The van der Waals surface area contributed by atoms with Crippen LogP contribution in [0.2, 0.25) is 0 Å². The predicted molar refractivity (Wildman–Crippen MR) is 153 cm³/mol. The van der Waals surface area contributed by atoms with Gasteiger partial charge in [0.05, 0.1) is 33.3 Å². The van der Waals surface area contributed by atoms with Crippen LogP contribution in [0.25, 0.3) is 0 Å². The second-order valence-corrected chi connectivity index (χ2v) is 11.7. The summed E-state index contributed by atoms with van der Waals surface area (Å²) in [5.74, 6) is 0.970. The molecule has 0 bridgehead atoms. The molecule has 0 fully saturated rings. The van der Waals surface area contributed by atoms with Crippen molar-refractivity contribution in [1.29, 1.82) is 0 Å². The maximum Gasteiger partial charge on any atom is 0.472 e. The van der Waals surface area contributed by atoms with Crippen molar-refractivity contribution in [3.05, 3.63) is 71.3 Å². The Hall–Kier alpha value is -3.60. The maximum atomic E-state index is 12.9. The number of nitrogens with zero attached hydrogens (tertiary/aromatic N) is 1. The van der Waals surface area contributed by atoms with E-state index in [1.807, 2.05) is 35.0 Å². The van der Waals surface area contributed by atoms with Gasteiger partial charge in [-0.3, -0.25) is 9.05 Å². The van der Waals surface area contributed by atoms with Gasteiger partial charge in [0, 0.05) is 17.4 Å². The Balaban J connectivity index is 1.71. The Labute approximate surface area is 234 Å². The number of hydrogen-bond donors (Lipinski definition) is 3. The number of nitrogens with two attached hydrogens (primary N) is 2. The van der Waals surface area contributed by atoms with E-state index >= 15 is 0 Å². The molecule has 0 amide bonds. The molecule has 0 saturated carbocycles. The Kier molecular flexibility index (Phi) is 10.2. The number of rotatable bonds is 13. The number of nitrogen functional groups attached to an aromatic ring is 2. The SMILES string of the molecule is Cc1cc(Oc2cc(Oc3ccc(N)c(C)c3)cc(C(=O)OCCOP(=O)(O)OCC[N+](C)(C)C)c2)ccc1N. The van der Waals surface area contributed by atoms with Crippen LogP contribution in [0.4, 0.5) is 11.4 Å². The summed E-state index contributed by atoms with van der Waals surface area (Å²) < 4.78 is 39.7. The summed E-state index contributed by atoms with van der Waals surface area (Å²) in [6, 6.07) is 15.1. The second-order valence-electron chi connectivity index (χ2n) is 10.2. The molecule has 216 valence electrons. The van der Waals surface area contributed by atoms with Crippen LogP contribution in [-0.2, 0) is 18.3 Å². The summed E-state index contributed by atoms with van der Waals surface area (Å²) >= 11 is 0. The maximum absolute atomic E-state index is 12.9. The van der Waals surface area contributed by atoms with Crippen LogP contribution in [0.15, 0.2) is 54.6 Å². The Morgan fingerprint density at radius 2 is 1.27 bits per heavy atom. The average Bonchev–Trinajstić information content (AvgIpc) is 2.85. The standard InChI is InChI=1S/C28H36N3O8P/c1-19-14-22(6-8-26(19)29)38-24-16-21(17-25(18-24)39-23-7-9-27(30)20(2)15-23)28(32)35-12-13-37-40(33,34)36-11-10-31(3,4)5/h6-9,14-18H,10-13,29-30H2,1-5H3/p+1. The molecule has 0 aliphatic carbocycles. The summed E-state index contributed by atoms with van der Waals surface area (Å²) in [5, 5.41) is 0. The van der Waals surface area contributed by atoms with Gasteiger partial charge in [-0.1, -0.05) is 0 Å². The first-order chi connectivity index (χ1) is 18.7. The number of phosphoric acid groups is 1. The molecule has 40 heavy (non-hydrogen) atoms. The molecule has 12 heteroatoms. The van der Waals surface area contributed by atoms with Gasteiger partial charge in [-0.2, -0.15) is 0 Å². The summed E-state index contributed by atoms with van der Waals surface area (Å²) in [5.41, 5.74) is 14.9. The van der Waals surface area contributed by atoms with E-state index in [-0.39, 0.29) is 25.4 Å². The van der Waals surface area contributed by atoms with Gasteiger partial charge < -0.3 is 35.1 Å². The molecule has 0 heterocycles. The van der Waals surface area contributed by atoms with Crippen LogP contribution in [0.1, 0.15) is 21.5 Å². The molecule has 3 rings (SSSR count). The number of aryl methyl sites for hydroxylation is 2. The number of carbonyl (C=O) groups excluding carboxylic acids is 1. The van der Waals surface area contributed by atoms with E-state index in [2.05, 4.69) is 0 Å². The molecule has 1 unspecified atom stereocenters. The molecule has 0 aliphatic rings. The third kappa shape index (κ3) is 9.86. The zero-order chi connectivity index (χ0) is 29.5. The number of quaternary nitrogens is 1. The van der Waals surface area contributed by atoms with Crippen LogP contribution in [-0.4, -0.2) is 62.9 Å². The zero-order valence-corrected chi connectivity index (χ0v) is 24.3. The monoisotopic (exact) mass is 574 g/mol. The molecule has 0 spiro atoms. The third-order valence-corrected chi connectivity index (χ3v) is 6.67. The van der Waals surface area contributed by atoms with Gasteiger partial charge in [-0.15, -0.1) is 0 Å². The van der Waals surface area contributed by atoms with E-state index in [0.29, 0.717) is 45.4 Å². The summed E-state index contributed by atoms with van der Waals surface area (Å²) in [7, 11) is 1.50. The molecule has 3 aromatic carbocycles. The highest BCUT2D eigenvalue weighted by atomic mass is 31.2. The average molecular weight is 575 g/mol. The Morgan fingerprint density at radius 3 is 1.75 bits per heavy atom. The van der Waals surface area contributed by atoms with Gasteiger partial charge in [0.15, 0.2) is 0 Å². The Morgan fingerprint density at radius 1 is 0.775 bits per heavy atom. The number of ether oxygens (including phenoxy) is 3. The van der Waals surface area contributed by atoms with E-state index in [9.17, 15) is 14.3 Å². The third-order valence-electron chi connectivity index (χ3n) is 5.66. The minimum Gasteiger partial charge on any atom is -0.460 e. The Bertz CT molecular complexity index is 1320. The number of phosphoric ester groups is 1. The zero-order valence-electron chi connectivity index (χ0n) is 23.4. The topological polar surface area (TPSA) is 153 Å². The fourth-order valence-corrected chi connectivity index (χ4v) is 4.03. The van der Waals surface area contributed by atoms with Gasteiger partial charge in [0.25, 0.3) is 0 Å². The molecule has 0 aliphatic heterocycles. The number of hydrogen-bond acceptors (Lipinski definition) is 9. The van der Waals surface area contributed by atoms with Gasteiger partial charge in [-0.05, 0) is 73.5 Å². The minimum atomic E-state index is -4.28. The van der Waals surface area contributed by atoms with Crippen LogP contribution < -0.4 is 20.9 Å². The predicted octanol–water partition coefficient (Wildman–Crippen LogP) is 5.05. The van der Waals surface area contributed by atoms with E-state index in [1.54, 1.807) is 42.5 Å². The molecule has 3 aromatic rings. The molecule has 0 saturated heterocycles. The quantitative estimate of drug-likeness (QED) is 0.0831. The molecule has 5 N–H and O–H groups in total.